The second-order valence-corrected chi connectivity index (χ2v) is 9.87. The molecular weight excluding hydrogens is 402 g/mol. The number of carbonyl (C=O) groups excluding carboxylic acids is 1. The SMILES string of the molecule is Cc1ccc(C=NNC(=O)c2cc(-c3ccc(C(C)(C)C)cc3)nc3ccccc23)s1. The highest BCUT2D eigenvalue weighted by Crippen LogP contribution is 2.28. The lowest BCUT2D eigenvalue weighted by Gasteiger charge is -2.19. The lowest BCUT2D eigenvalue weighted by atomic mass is 9.86. The van der Waals surface area contributed by atoms with Crippen molar-refractivity contribution in [3.05, 3.63) is 87.6 Å². The zero-order valence-corrected chi connectivity index (χ0v) is 19.0. The number of hydrogen-bond donors (Lipinski definition) is 1. The Labute approximate surface area is 186 Å². The smallest absolute Gasteiger partial charge is 0.267 e. The first-order valence-electron chi connectivity index (χ1n) is 10.2. The molecule has 2 aromatic heterocycles. The number of carbonyl (C=O) groups is 1. The Kier molecular flexibility index (Phi) is 5.70. The summed E-state index contributed by atoms with van der Waals surface area (Å²) in [7, 11) is 0. The average molecular weight is 428 g/mol. The van der Waals surface area contributed by atoms with Gasteiger partial charge in [-0.25, -0.2) is 10.4 Å². The minimum absolute atomic E-state index is 0.0828. The van der Waals surface area contributed by atoms with Crippen molar-refractivity contribution in [2.24, 2.45) is 5.10 Å². The van der Waals surface area contributed by atoms with E-state index in [9.17, 15) is 4.79 Å². The van der Waals surface area contributed by atoms with E-state index in [0.717, 1.165) is 27.0 Å². The summed E-state index contributed by atoms with van der Waals surface area (Å²) < 4.78 is 0. The summed E-state index contributed by atoms with van der Waals surface area (Å²) >= 11 is 1.63. The van der Waals surface area contributed by atoms with E-state index in [1.54, 1.807) is 17.6 Å². The van der Waals surface area contributed by atoms with Crippen molar-refractivity contribution >= 4 is 34.4 Å². The predicted octanol–water partition coefficient (Wildman–Crippen LogP) is 6.33. The molecule has 0 bridgehead atoms. The van der Waals surface area contributed by atoms with Crippen LogP contribution in [0.3, 0.4) is 0 Å². The highest BCUT2D eigenvalue weighted by molar-refractivity contribution is 7.13. The third kappa shape index (κ3) is 4.72. The van der Waals surface area contributed by atoms with Crippen LogP contribution in [0.2, 0.25) is 0 Å². The standard InChI is InChI=1S/C26H25N3OS/c1-17-9-14-20(31-17)16-27-29-25(30)22-15-24(28-23-8-6-5-7-21(22)23)18-10-12-19(13-11-18)26(2,3)4/h5-16H,1-4H3,(H,29,30). The Morgan fingerprint density at radius 1 is 1.03 bits per heavy atom. The molecule has 2 heterocycles. The first-order valence-corrected chi connectivity index (χ1v) is 11.0. The molecule has 0 aliphatic heterocycles. The fourth-order valence-corrected chi connectivity index (χ4v) is 4.14. The molecular formula is C26H25N3OS. The van der Waals surface area contributed by atoms with Gasteiger partial charge in [0.1, 0.15) is 0 Å². The van der Waals surface area contributed by atoms with Gasteiger partial charge in [0.25, 0.3) is 5.91 Å². The van der Waals surface area contributed by atoms with E-state index < -0.39 is 0 Å². The predicted molar refractivity (Wildman–Crippen MR) is 130 cm³/mol. The van der Waals surface area contributed by atoms with E-state index in [2.05, 4.69) is 55.6 Å². The monoisotopic (exact) mass is 427 g/mol. The van der Waals surface area contributed by atoms with Crippen LogP contribution >= 0.6 is 11.3 Å². The molecule has 2 aromatic carbocycles. The number of nitrogens with zero attached hydrogens (tertiary/aromatic N) is 2. The van der Waals surface area contributed by atoms with Crippen molar-refractivity contribution in [1.82, 2.24) is 10.4 Å². The number of para-hydroxylation sites is 1. The van der Waals surface area contributed by atoms with Gasteiger partial charge in [0.15, 0.2) is 0 Å². The van der Waals surface area contributed by atoms with Crippen molar-refractivity contribution in [2.45, 2.75) is 33.1 Å². The van der Waals surface area contributed by atoms with Gasteiger partial charge in [-0.1, -0.05) is 63.2 Å². The van der Waals surface area contributed by atoms with Gasteiger partial charge in [-0.05, 0) is 42.2 Å². The molecule has 0 saturated heterocycles. The second kappa shape index (κ2) is 8.44. The number of thiophene rings is 1. The molecule has 0 spiro atoms. The molecule has 156 valence electrons. The maximum Gasteiger partial charge on any atom is 0.272 e. The van der Waals surface area contributed by atoms with Gasteiger partial charge >= 0.3 is 0 Å². The number of amides is 1. The molecule has 4 nitrogen and oxygen atoms in total. The number of pyridine rings is 1. The maximum absolute atomic E-state index is 13.0. The first-order chi connectivity index (χ1) is 14.8. The van der Waals surface area contributed by atoms with Crippen LogP contribution in [0, 0.1) is 6.92 Å². The zero-order valence-electron chi connectivity index (χ0n) is 18.1. The van der Waals surface area contributed by atoms with Crippen molar-refractivity contribution < 1.29 is 4.79 Å². The van der Waals surface area contributed by atoms with Crippen LogP contribution in [-0.2, 0) is 5.41 Å². The molecule has 4 rings (SSSR count). The fraction of sp³-hybridized carbons (Fsp3) is 0.192. The van der Waals surface area contributed by atoms with Crippen molar-refractivity contribution in [3.63, 3.8) is 0 Å². The molecule has 0 saturated carbocycles. The first kappa shape index (κ1) is 20.9. The third-order valence-electron chi connectivity index (χ3n) is 5.13. The normalized spacial score (nSPS) is 11.9. The number of aryl methyl sites for hydroxylation is 1. The van der Waals surface area contributed by atoms with Crippen LogP contribution in [0.4, 0.5) is 0 Å². The van der Waals surface area contributed by atoms with E-state index in [-0.39, 0.29) is 11.3 Å². The Balaban J connectivity index is 1.68. The average Bonchev–Trinajstić information content (AvgIpc) is 3.17. The minimum atomic E-state index is -0.254. The van der Waals surface area contributed by atoms with Gasteiger partial charge in [-0.2, -0.15) is 5.10 Å². The molecule has 0 aliphatic rings. The van der Waals surface area contributed by atoms with E-state index in [1.165, 1.54) is 10.4 Å². The Bertz CT molecular complexity index is 1260. The highest BCUT2D eigenvalue weighted by Gasteiger charge is 2.16. The summed E-state index contributed by atoms with van der Waals surface area (Å²) in [5.41, 5.74) is 7.09. The van der Waals surface area contributed by atoms with Crippen molar-refractivity contribution in [2.75, 3.05) is 0 Å². The highest BCUT2D eigenvalue weighted by atomic mass is 32.1. The van der Waals surface area contributed by atoms with Gasteiger partial charge < -0.3 is 0 Å². The molecule has 0 radical (unpaired) electrons. The quantitative estimate of drug-likeness (QED) is 0.305. The van der Waals surface area contributed by atoms with Gasteiger partial charge in [0.2, 0.25) is 0 Å². The van der Waals surface area contributed by atoms with Crippen LogP contribution < -0.4 is 5.43 Å². The summed E-state index contributed by atoms with van der Waals surface area (Å²) in [6.07, 6.45) is 1.67. The molecule has 0 fully saturated rings. The van der Waals surface area contributed by atoms with Crippen LogP contribution in [0.5, 0.6) is 0 Å². The number of aromatic nitrogens is 1. The number of benzene rings is 2. The summed E-state index contributed by atoms with van der Waals surface area (Å²) in [5.74, 6) is -0.254. The number of nitrogens with one attached hydrogen (secondary N) is 1. The number of rotatable bonds is 4. The van der Waals surface area contributed by atoms with Gasteiger partial charge in [0.05, 0.1) is 23.0 Å². The topological polar surface area (TPSA) is 54.4 Å². The number of hydrazone groups is 1. The Morgan fingerprint density at radius 3 is 2.45 bits per heavy atom. The van der Waals surface area contributed by atoms with Crippen molar-refractivity contribution in [1.29, 1.82) is 0 Å². The molecule has 4 aromatic rings. The molecule has 5 heteroatoms. The van der Waals surface area contributed by atoms with E-state index in [4.69, 9.17) is 4.98 Å². The zero-order chi connectivity index (χ0) is 22.0. The molecule has 31 heavy (non-hydrogen) atoms. The summed E-state index contributed by atoms with van der Waals surface area (Å²) in [5, 5.41) is 4.95. The molecule has 1 N–H and O–H groups in total. The largest absolute Gasteiger partial charge is 0.272 e. The van der Waals surface area contributed by atoms with E-state index >= 15 is 0 Å². The molecule has 0 unspecified atom stereocenters. The van der Waals surface area contributed by atoms with Crippen LogP contribution in [0.1, 0.15) is 46.4 Å². The maximum atomic E-state index is 13.0. The number of fused-ring (bicyclic) bond motifs is 1. The van der Waals surface area contributed by atoms with Crippen LogP contribution in [-0.4, -0.2) is 17.1 Å². The Hall–Kier alpha value is -3.31. The summed E-state index contributed by atoms with van der Waals surface area (Å²) in [6, 6.07) is 21.9. The summed E-state index contributed by atoms with van der Waals surface area (Å²) in [6.45, 7) is 8.61. The minimum Gasteiger partial charge on any atom is -0.267 e. The van der Waals surface area contributed by atoms with Crippen LogP contribution in [0.15, 0.2) is 71.8 Å². The number of hydrogen-bond acceptors (Lipinski definition) is 4. The lowest BCUT2D eigenvalue weighted by Crippen LogP contribution is -2.18. The molecule has 0 atom stereocenters. The van der Waals surface area contributed by atoms with Gasteiger partial charge in [0, 0.05) is 20.7 Å². The van der Waals surface area contributed by atoms with Crippen molar-refractivity contribution in [3.8, 4) is 11.3 Å². The van der Waals surface area contributed by atoms with E-state index in [1.807, 2.05) is 49.4 Å². The fourth-order valence-electron chi connectivity index (χ4n) is 3.39. The van der Waals surface area contributed by atoms with Gasteiger partial charge in [-0.3, -0.25) is 4.79 Å². The second-order valence-electron chi connectivity index (χ2n) is 8.55. The van der Waals surface area contributed by atoms with Crippen LogP contribution in [0.25, 0.3) is 22.2 Å². The summed E-state index contributed by atoms with van der Waals surface area (Å²) in [4.78, 5) is 20.0. The lowest BCUT2D eigenvalue weighted by molar-refractivity contribution is 0.0956. The molecule has 0 aliphatic carbocycles. The molecule has 1 amide bonds. The Morgan fingerprint density at radius 2 is 1.77 bits per heavy atom. The third-order valence-corrected chi connectivity index (χ3v) is 6.06. The van der Waals surface area contributed by atoms with E-state index in [0.29, 0.717) is 5.56 Å². The van der Waals surface area contributed by atoms with Gasteiger partial charge in [-0.15, -0.1) is 11.3 Å².